The monoisotopic (exact) mass is 290 g/mol. The Hall–Kier alpha value is -1.55. The molecule has 1 aromatic carbocycles. The average molecular weight is 290 g/mol. The van der Waals surface area contributed by atoms with E-state index in [1.807, 2.05) is 13.0 Å². The Morgan fingerprint density at radius 1 is 1.29 bits per heavy atom. The minimum atomic E-state index is -0.317. The summed E-state index contributed by atoms with van der Waals surface area (Å²) < 4.78 is 0. The van der Waals surface area contributed by atoms with Gasteiger partial charge in [0.15, 0.2) is 0 Å². The van der Waals surface area contributed by atoms with Crippen molar-refractivity contribution in [1.82, 2.24) is 10.6 Å². The molecule has 0 bridgehead atoms. The van der Waals surface area contributed by atoms with Gasteiger partial charge < -0.3 is 15.7 Å². The van der Waals surface area contributed by atoms with Crippen LogP contribution in [0.5, 0.6) is 0 Å². The van der Waals surface area contributed by atoms with Crippen LogP contribution < -0.4 is 10.6 Å². The van der Waals surface area contributed by atoms with Crippen molar-refractivity contribution >= 4 is 6.03 Å². The van der Waals surface area contributed by atoms with Gasteiger partial charge in [-0.25, -0.2) is 4.79 Å². The zero-order valence-corrected chi connectivity index (χ0v) is 12.9. The largest absolute Gasteiger partial charge is 0.393 e. The summed E-state index contributed by atoms with van der Waals surface area (Å²) in [7, 11) is 0. The third-order valence-corrected chi connectivity index (χ3v) is 4.03. The normalized spacial score (nSPS) is 23.2. The second-order valence-corrected chi connectivity index (χ2v) is 6.29. The Morgan fingerprint density at radius 2 is 2.00 bits per heavy atom. The molecule has 0 heterocycles. The Bertz CT molecular complexity index is 447. The van der Waals surface area contributed by atoms with Gasteiger partial charge in [0, 0.05) is 13.1 Å². The minimum absolute atomic E-state index is 0.105. The molecule has 4 nitrogen and oxygen atoms in total. The number of nitrogens with one attached hydrogen (secondary N) is 2. The third kappa shape index (κ3) is 5.38. The van der Waals surface area contributed by atoms with Crippen LogP contribution in [0.1, 0.15) is 38.2 Å². The Kier molecular flexibility index (Phi) is 5.62. The molecule has 1 saturated carbocycles. The van der Waals surface area contributed by atoms with E-state index in [1.165, 1.54) is 5.56 Å². The van der Waals surface area contributed by atoms with Crippen molar-refractivity contribution in [1.29, 1.82) is 0 Å². The van der Waals surface area contributed by atoms with Gasteiger partial charge in [-0.3, -0.25) is 0 Å². The molecule has 116 valence electrons. The van der Waals surface area contributed by atoms with Gasteiger partial charge in [-0.1, -0.05) is 37.3 Å². The van der Waals surface area contributed by atoms with Crippen LogP contribution >= 0.6 is 0 Å². The summed E-state index contributed by atoms with van der Waals surface area (Å²) in [5.74, 6) is 1.45. The molecule has 2 rings (SSSR count). The molecule has 4 unspecified atom stereocenters. The number of carbonyl (C=O) groups is 1. The summed E-state index contributed by atoms with van der Waals surface area (Å²) in [6, 6.07) is 10.4. The van der Waals surface area contributed by atoms with Crippen molar-refractivity contribution in [3.63, 3.8) is 0 Å². The molecule has 0 saturated heterocycles. The highest BCUT2D eigenvalue weighted by Gasteiger charge is 2.37. The summed E-state index contributed by atoms with van der Waals surface area (Å²) in [5, 5.41) is 15.1. The number of aliphatic hydroxyl groups excluding tert-OH is 1. The molecule has 21 heavy (non-hydrogen) atoms. The van der Waals surface area contributed by atoms with Crippen LogP contribution in [0.3, 0.4) is 0 Å². The van der Waals surface area contributed by atoms with Crippen LogP contribution in [-0.4, -0.2) is 30.3 Å². The lowest BCUT2D eigenvalue weighted by molar-refractivity contribution is 0.163. The number of amides is 2. The lowest BCUT2D eigenvalue weighted by Crippen LogP contribution is -2.39. The summed E-state index contributed by atoms with van der Waals surface area (Å²) >= 11 is 0. The van der Waals surface area contributed by atoms with E-state index in [2.05, 4.69) is 34.9 Å². The molecule has 1 aliphatic rings. The second-order valence-electron chi connectivity index (χ2n) is 6.29. The number of hydrogen-bond acceptors (Lipinski definition) is 2. The van der Waals surface area contributed by atoms with Crippen LogP contribution in [0.2, 0.25) is 0 Å². The van der Waals surface area contributed by atoms with Crippen LogP contribution in [0, 0.1) is 11.8 Å². The number of hydrogen-bond donors (Lipinski definition) is 3. The van der Waals surface area contributed by atoms with E-state index in [-0.39, 0.29) is 18.1 Å². The van der Waals surface area contributed by atoms with Crippen molar-refractivity contribution in [2.75, 3.05) is 13.1 Å². The summed E-state index contributed by atoms with van der Waals surface area (Å²) in [6.45, 7) is 5.13. The maximum absolute atomic E-state index is 11.7. The van der Waals surface area contributed by atoms with Crippen molar-refractivity contribution in [3.8, 4) is 0 Å². The fourth-order valence-electron chi connectivity index (χ4n) is 2.80. The lowest BCUT2D eigenvalue weighted by atomic mass is 10.1. The van der Waals surface area contributed by atoms with Crippen molar-refractivity contribution in [3.05, 3.63) is 35.9 Å². The van der Waals surface area contributed by atoms with Gasteiger partial charge in [0.25, 0.3) is 0 Å². The van der Waals surface area contributed by atoms with E-state index in [4.69, 9.17) is 0 Å². The van der Waals surface area contributed by atoms with Crippen molar-refractivity contribution in [2.24, 2.45) is 11.8 Å². The zero-order valence-electron chi connectivity index (χ0n) is 12.9. The second kappa shape index (κ2) is 7.46. The zero-order chi connectivity index (χ0) is 15.2. The highest BCUT2D eigenvalue weighted by Crippen LogP contribution is 2.46. The van der Waals surface area contributed by atoms with Crippen LogP contribution in [0.4, 0.5) is 4.79 Å². The van der Waals surface area contributed by atoms with E-state index in [0.29, 0.717) is 24.8 Å². The summed E-state index contributed by atoms with van der Waals surface area (Å²) in [6.07, 6.45) is 1.55. The Morgan fingerprint density at radius 3 is 2.67 bits per heavy atom. The SMILES string of the molecule is CC(O)CC(C)CNC(=O)NCC1CC1c1ccccc1. The van der Waals surface area contributed by atoms with Crippen molar-refractivity contribution in [2.45, 2.75) is 38.7 Å². The molecule has 0 aliphatic heterocycles. The summed E-state index contributed by atoms with van der Waals surface area (Å²) in [4.78, 5) is 11.7. The van der Waals surface area contributed by atoms with E-state index in [9.17, 15) is 9.90 Å². The lowest BCUT2D eigenvalue weighted by Gasteiger charge is -2.14. The van der Waals surface area contributed by atoms with Gasteiger partial charge in [0.05, 0.1) is 6.10 Å². The molecule has 1 aliphatic carbocycles. The first-order valence-electron chi connectivity index (χ1n) is 7.81. The van der Waals surface area contributed by atoms with Crippen LogP contribution in [-0.2, 0) is 0 Å². The molecule has 4 heteroatoms. The fraction of sp³-hybridized carbons (Fsp3) is 0.588. The number of rotatable bonds is 7. The van der Waals surface area contributed by atoms with E-state index in [1.54, 1.807) is 6.92 Å². The Balaban J connectivity index is 1.60. The molecule has 3 N–H and O–H groups in total. The van der Waals surface area contributed by atoms with E-state index in [0.717, 1.165) is 13.0 Å². The maximum Gasteiger partial charge on any atom is 0.314 e. The molecule has 0 aromatic heterocycles. The quantitative estimate of drug-likeness (QED) is 0.722. The van der Waals surface area contributed by atoms with Gasteiger partial charge in [-0.2, -0.15) is 0 Å². The van der Waals surface area contributed by atoms with Gasteiger partial charge in [0.1, 0.15) is 0 Å². The first-order valence-corrected chi connectivity index (χ1v) is 7.81. The first kappa shape index (κ1) is 15.8. The third-order valence-electron chi connectivity index (χ3n) is 4.03. The predicted octanol–water partition coefficient (Wildman–Crippen LogP) is 2.50. The first-order chi connectivity index (χ1) is 10.1. The molecule has 0 radical (unpaired) electrons. The highest BCUT2D eigenvalue weighted by molar-refractivity contribution is 5.73. The number of benzene rings is 1. The van der Waals surface area contributed by atoms with Crippen LogP contribution in [0.25, 0.3) is 0 Å². The number of carbonyl (C=O) groups excluding carboxylic acids is 1. The topological polar surface area (TPSA) is 61.4 Å². The standard InChI is InChI=1S/C17H26N2O2/c1-12(8-13(2)20)10-18-17(21)19-11-15-9-16(15)14-6-4-3-5-7-14/h3-7,12-13,15-16,20H,8-11H2,1-2H3,(H2,18,19,21). The Labute approximate surface area is 126 Å². The number of aliphatic hydroxyl groups is 1. The molecule has 0 spiro atoms. The fourth-order valence-corrected chi connectivity index (χ4v) is 2.80. The molecular weight excluding hydrogens is 264 g/mol. The molecule has 1 fully saturated rings. The summed E-state index contributed by atoms with van der Waals surface area (Å²) in [5.41, 5.74) is 1.37. The van der Waals surface area contributed by atoms with E-state index >= 15 is 0 Å². The molecule has 4 atom stereocenters. The van der Waals surface area contributed by atoms with Crippen molar-refractivity contribution < 1.29 is 9.90 Å². The molecule has 2 amide bonds. The molecular formula is C17H26N2O2. The van der Waals surface area contributed by atoms with Gasteiger partial charge >= 0.3 is 6.03 Å². The smallest absolute Gasteiger partial charge is 0.314 e. The van der Waals surface area contributed by atoms with Crippen LogP contribution in [0.15, 0.2) is 30.3 Å². The average Bonchev–Trinajstić information content (AvgIpc) is 3.23. The molecule has 1 aromatic rings. The highest BCUT2D eigenvalue weighted by atomic mass is 16.3. The number of urea groups is 1. The maximum atomic E-state index is 11.7. The van der Waals surface area contributed by atoms with Gasteiger partial charge in [-0.15, -0.1) is 0 Å². The van der Waals surface area contributed by atoms with Gasteiger partial charge in [-0.05, 0) is 43.1 Å². The van der Waals surface area contributed by atoms with Gasteiger partial charge in [0.2, 0.25) is 0 Å². The predicted molar refractivity (Wildman–Crippen MR) is 84.2 cm³/mol. The van der Waals surface area contributed by atoms with E-state index < -0.39 is 0 Å². The minimum Gasteiger partial charge on any atom is -0.393 e.